The minimum Gasteiger partial charge on any atom is -0.393 e. The first kappa shape index (κ1) is 16.5. The van der Waals surface area contributed by atoms with E-state index in [1.54, 1.807) is 26.2 Å². The van der Waals surface area contributed by atoms with Crippen molar-refractivity contribution in [2.75, 3.05) is 18.9 Å². The van der Waals surface area contributed by atoms with Crippen LogP contribution in [0.5, 0.6) is 0 Å². The van der Waals surface area contributed by atoms with Crippen LogP contribution in [0.1, 0.15) is 18.9 Å². The molecule has 0 radical (unpaired) electrons. The minimum atomic E-state index is -0.441. The van der Waals surface area contributed by atoms with Crippen molar-refractivity contribution in [3.63, 3.8) is 0 Å². The van der Waals surface area contributed by atoms with Gasteiger partial charge in [0, 0.05) is 25.2 Å². The molecule has 0 fully saturated rings. The number of carbonyl (C=O) groups is 1. The number of carbonyl (C=O) groups excluding carboxylic acids is 1. The van der Waals surface area contributed by atoms with Gasteiger partial charge in [-0.15, -0.1) is 0 Å². The lowest BCUT2D eigenvalue weighted by Gasteiger charge is -2.20. The van der Waals surface area contributed by atoms with Gasteiger partial charge in [0.05, 0.1) is 22.3 Å². The normalized spacial score (nSPS) is 12.2. The summed E-state index contributed by atoms with van der Waals surface area (Å²) in [6.45, 7) is 4.09. The maximum Gasteiger partial charge on any atom is 0.321 e. The van der Waals surface area contributed by atoms with Gasteiger partial charge in [0.15, 0.2) is 0 Å². The fourth-order valence-electron chi connectivity index (χ4n) is 2.19. The third kappa shape index (κ3) is 3.67. The van der Waals surface area contributed by atoms with Crippen molar-refractivity contribution in [3.05, 3.63) is 35.0 Å². The highest BCUT2D eigenvalue weighted by Gasteiger charge is 2.15. The fraction of sp³-hybridized carbons (Fsp3) is 0.375. The summed E-state index contributed by atoms with van der Waals surface area (Å²) >= 11 is 6.28. The largest absolute Gasteiger partial charge is 0.393 e. The van der Waals surface area contributed by atoms with Crippen LogP contribution in [0.25, 0.3) is 10.9 Å². The molecule has 22 heavy (non-hydrogen) atoms. The molecule has 1 heterocycles. The number of rotatable bonds is 4. The Kier molecular flexibility index (Phi) is 5.21. The van der Waals surface area contributed by atoms with Crippen molar-refractivity contribution in [2.45, 2.75) is 26.4 Å². The van der Waals surface area contributed by atoms with Gasteiger partial charge in [-0.1, -0.05) is 11.6 Å². The smallest absolute Gasteiger partial charge is 0.321 e. The number of urea groups is 1. The topological polar surface area (TPSA) is 65.5 Å². The Labute approximate surface area is 134 Å². The van der Waals surface area contributed by atoms with Crippen LogP contribution in [0.4, 0.5) is 10.5 Å². The molecule has 0 aliphatic heterocycles. The van der Waals surface area contributed by atoms with E-state index in [9.17, 15) is 9.90 Å². The van der Waals surface area contributed by atoms with Crippen molar-refractivity contribution in [3.8, 4) is 0 Å². The summed E-state index contributed by atoms with van der Waals surface area (Å²) in [7, 11) is 1.68. The first-order valence-electron chi connectivity index (χ1n) is 7.14. The lowest BCUT2D eigenvalue weighted by Crippen LogP contribution is -2.33. The maximum absolute atomic E-state index is 12.3. The summed E-state index contributed by atoms with van der Waals surface area (Å²) in [5.41, 5.74) is 2.33. The van der Waals surface area contributed by atoms with Crippen LogP contribution in [0.15, 0.2) is 24.4 Å². The van der Waals surface area contributed by atoms with Crippen LogP contribution in [0, 0.1) is 6.92 Å². The third-order valence-corrected chi connectivity index (χ3v) is 3.79. The Morgan fingerprint density at radius 3 is 2.95 bits per heavy atom. The number of anilines is 1. The first-order valence-corrected chi connectivity index (χ1v) is 7.52. The molecule has 0 spiro atoms. The molecule has 5 nitrogen and oxygen atoms in total. The Morgan fingerprint density at radius 1 is 1.55 bits per heavy atom. The van der Waals surface area contributed by atoms with Crippen LogP contribution < -0.4 is 5.32 Å². The van der Waals surface area contributed by atoms with Crippen LogP contribution in [0.2, 0.25) is 5.02 Å². The molecular formula is C16H20ClN3O2. The van der Waals surface area contributed by atoms with E-state index in [4.69, 9.17) is 11.6 Å². The van der Waals surface area contributed by atoms with Crippen molar-refractivity contribution in [2.24, 2.45) is 0 Å². The predicted octanol–water partition coefficient (Wildman–Crippen LogP) is 3.43. The van der Waals surface area contributed by atoms with Gasteiger partial charge < -0.3 is 15.3 Å². The van der Waals surface area contributed by atoms with Crippen molar-refractivity contribution < 1.29 is 9.90 Å². The van der Waals surface area contributed by atoms with Crippen LogP contribution in [-0.4, -0.2) is 40.7 Å². The average Bonchev–Trinajstić information content (AvgIpc) is 2.48. The van der Waals surface area contributed by atoms with E-state index in [1.807, 2.05) is 19.1 Å². The highest BCUT2D eigenvalue weighted by atomic mass is 35.5. The predicted molar refractivity (Wildman–Crippen MR) is 89.4 cm³/mol. The Balaban J connectivity index is 2.26. The monoisotopic (exact) mass is 321 g/mol. The summed E-state index contributed by atoms with van der Waals surface area (Å²) in [5, 5.41) is 13.4. The average molecular weight is 322 g/mol. The molecule has 1 atom stereocenters. The first-order chi connectivity index (χ1) is 10.4. The number of fused-ring (bicyclic) bond motifs is 1. The van der Waals surface area contributed by atoms with Gasteiger partial charge in [0.1, 0.15) is 0 Å². The van der Waals surface area contributed by atoms with E-state index in [1.165, 1.54) is 4.90 Å². The Morgan fingerprint density at radius 2 is 2.27 bits per heavy atom. The van der Waals surface area contributed by atoms with Crippen LogP contribution >= 0.6 is 11.6 Å². The molecule has 2 rings (SSSR count). The molecule has 2 amide bonds. The number of pyridine rings is 1. The van der Waals surface area contributed by atoms with Crippen molar-refractivity contribution in [1.29, 1.82) is 0 Å². The van der Waals surface area contributed by atoms with Gasteiger partial charge in [-0.3, -0.25) is 4.98 Å². The van der Waals surface area contributed by atoms with Gasteiger partial charge in [-0.25, -0.2) is 4.79 Å². The lowest BCUT2D eigenvalue weighted by atomic mass is 10.1. The van der Waals surface area contributed by atoms with E-state index in [2.05, 4.69) is 10.3 Å². The molecule has 1 aromatic carbocycles. The van der Waals surface area contributed by atoms with Crippen LogP contribution in [-0.2, 0) is 0 Å². The molecule has 2 N–H and O–H groups in total. The second-order valence-electron chi connectivity index (χ2n) is 5.44. The minimum absolute atomic E-state index is 0.267. The zero-order chi connectivity index (χ0) is 16.3. The number of hydrogen-bond acceptors (Lipinski definition) is 3. The second kappa shape index (κ2) is 6.94. The summed E-state index contributed by atoms with van der Waals surface area (Å²) in [6, 6.07) is 5.22. The maximum atomic E-state index is 12.3. The zero-order valence-electron chi connectivity index (χ0n) is 12.9. The van der Waals surface area contributed by atoms with E-state index in [-0.39, 0.29) is 6.03 Å². The highest BCUT2D eigenvalue weighted by Crippen LogP contribution is 2.32. The van der Waals surface area contributed by atoms with Gasteiger partial charge in [-0.05, 0) is 44.0 Å². The Hall–Kier alpha value is -1.85. The van der Waals surface area contributed by atoms with Gasteiger partial charge in [0.25, 0.3) is 0 Å². The van der Waals surface area contributed by atoms with Gasteiger partial charge in [-0.2, -0.15) is 0 Å². The molecule has 1 unspecified atom stereocenters. The molecule has 0 aliphatic rings. The molecule has 0 saturated carbocycles. The van der Waals surface area contributed by atoms with E-state index >= 15 is 0 Å². The van der Waals surface area contributed by atoms with Crippen molar-refractivity contribution >= 4 is 34.2 Å². The van der Waals surface area contributed by atoms with Gasteiger partial charge in [0.2, 0.25) is 0 Å². The number of benzene rings is 1. The number of aliphatic hydroxyl groups is 1. The summed E-state index contributed by atoms with van der Waals surface area (Å²) in [4.78, 5) is 18.1. The van der Waals surface area contributed by atoms with Crippen LogP contribution in [0.3, 0.4) is 0 Å². The second-order valence-corrected chi connectivity index (χ2v) is 5.85. The van der Waals surface area contributed by atoms with E-state index in [0.29, 0.717) is 23.7 Å². The SMILES string of the molecule is Cc1cc(Cl)c(NC(=O)N(C)CCC(C)O)c2cccnc12. The lowest BCUT2D eigenvalue weighted by molar-refractivity contribution is 0.167. The quantitative estimate of drug-likeness (QED) is 0.906. The number of aliphatic hydroxyl groups excluding tert-OH is 1. The fourth-order valence-corrected chi connectivity index (χ4v) is 2.50. The molecular weight excluding hydrogens is 302 g/mol. The summed E-state index contributed by atoms with van der Waals surface area (Å²) in [5.74, 6) is 0. The number of hydrogen-bond donors (Lipinski definition) is 2. The molecule has 6 heteroatoms. The molecule has 2 aromatic rings. The standard InChI is InChI=1S/C16H20ClN3O2/c1-10-9-13(17)15(12-5-4-7-18-14(10)12)19-16(22)20(3)8-6-11(2)21/h4-5,7,9,11,21H,6,8H2,1-3H3,(H,19,22). The number of nitrogens with zero attached hydrogens (tertiary/aromatic N) is 2. The third-order valence-electron chi connectivity index (χ3n) is 3.49. The number of aryl methyl sites for hydroxylation is 1. The molecule has 0 saturated heterocycles. The van der Waals surface area contributed by atoms with Gasteiger partial charge >= 0.3 is 6.03 Å². The number of nitrogens with one attached hydrogen (secondary N) is 1. The summed E-state index contributed by atoms with van der Waals surface area (Å²) < 4.78 is 0. The number of halogens is 1. The van der Waals surface area contributed by atoms with E-state index in [0.717, 1.165) is 16.5 Å². The molecule has 118 valence electrons. The zero-order valence-corrected chi connectivity index (χ0v) is 13.7. The molecule has 0 aliphatic carbocycles. The highest BCUT2D eigenvalue weighted by molar-refractivity contribution is 6.35. The molecule has 0 bridgehead atoms. The molecule has 1 aromatic heterocycles. The number of amides is 2. The number of aromatic nitrogens is 1. The Bertz CT molecular complexity index is 688. The van der Waals surface area contributed by atoms with Crippen molar-refractivity contribution in [1.82, 2.24) is 9.88 Å². The summed E-state index contributed by atoms with van der Waals surface area (Å²) in [6.07, 6.45) is 1.79. The van der Waals surface area contributed by atoms with E-state index < -0.39 is 6.10 Å².